The predicted molar refractivity (Wildman–Crippen MR) is 511 cm³/mol. The van der Waals surface area contributed by atoms with Crippen LogP contribution in [-0.2, 0) is 57.0 Å². The highest BCUT2D eigenvalue weighted by Crippen LogP contribution is 2.32. The molecule has 0 aliphatic carbocycles. The van der Waals surface area contributed by atoms with Gasteiger partial charge in [-0.2, -0.15) is 0 Å². The Morgan fingerprint density at radius 3 is 0.546 bits per heavy atom. The number of unbranched alkanes of at least 4 members (excludes halogenated alkanes) is 2. The number of ether oxygens (including phenoxy) is 10. The fourth-order valence-corrected chi connectivity index (χ4v) is 14.3. The first-order valence-electron chi connectivity index (χ1n) is 46.7. The number of hydrogen-bond donors (Lipinski definition) is 0. The predicted octanol–water partition coefficient (Wildman–Crippen LogP) is 24.5. The molecule has 8 rings (SSSR count). The van der Waals surface area contributed by atoms with Crippen LogP contribution in [-0.4, -0.2) is 126 Å². The van der Waals surface area contributed by atoms with Crippen LogP contribution >= 0.6 is 0 Å². The first-order chi connectivity index (χ1) is 62.6. The lowest BCUT2D eigenvalue weighted by atomic mass is 9.78. The van der Waals surface area contributed by atoms with Gasteiger partial charge in [-0.15, -0.1) is 0 Å². The van der Waals surface area contributed by atoms with Gasteiger partial charge in [0, 0.05) is 36.5 Å². The van der Waals surface area contributed by atoms with E-state index in [1.165, 1.54) is 0 Å². The molecule has 20 nitrogen and oxygen atoms in total. The topological polar surface area (TPSA) is 263 Å². The van der Waals surface area contributed by atoms with Crippen LogP contribution in [0.1, 0.15) is 271 Å². The van der Waals surface area contributed by atoms with Crippen molar-refractivity contribution in [3.05, 3.63) is 287 Å². The molecule has 0 aliphatic rings. The van der Waals surface area contributed by atoms with Gasteiger partial charge in [-0.1, -0.05) is 282 Å². The van der Waals surface area contributed by atoms with Crippen molar-refractivity contribution >= 4 is 59.7 Å². The van der Waals surface area contributed by atoms with E-state index in [0.717, 1.165) is 64.2 Å². The lowest BCUT2D eigenvalue weighted by molar-refractivity contribution is -0.151. The van der Waals surface area contributed by atoms with Crippen LogP contribution in [0.25, 0.3) is 0 Å². The molecule has 0 saturated carbocycles. The maximum Gasteiger partial charge on any atom is 0.338 e. The van der Waals surface area contributed by atoms with Crippen molar-refractivity contribution in [1.29, 1.82) is 0 Å². The Hall–Kier alpha value is -11.5. The number of rotatable bonds is 49. The second-order valence-electron chi connectivity index (χ2n) is 34.3. The van der Waals surface area contributed by atoms with E-state index in [4.69, 9.17) is 47.4 Å². The lowest BCUT2D eigenvalue weighted by Gasteiger charge is -2.32. The highest BCUT2D eigenvalue weighted by molar-refractivity contribution is 5.93. The molecule has 706 valence electrons. The summed E-state index contributed by atoms with van der Waals surface area (Å²) < 4.78 is 54.9. The maximum absolute atomic E-state index is 12.4. The quantitative estimate of drug-likeness (QED) is 0.0253. The van der Waals surface area contributed by atoms with Gasteiger partial charge in [0.15, 0.2) is 0 Å². The van der Waals surface area contributed by atoms with Crippen LogP contribution in [0.5, 0.6) is 0 Å². The molecule has 0 spiro atoms. The van der Waals surface area contributed by atoms with E-state index in [0.29, 0.717) is 122 Å². The van der Waals surface area contributed by atoms with Crippen LogP contribution in [0.15, 0.2) is 243 Å². The van der Waals surface area contributed by atoms with Gasteiger partial charge in [0.1, 0.15) is 0 Å². The second-order valence-corrected chi connectivity index (χ2v) is 34.3. The SMILES string of the molecule is CC(C)C(COC(=O)c1ccccc1)C(COC(=O)c1ccccc1)C(C)C.CC(COC(=O)c1ccccc1)C(C)COC(=O)c1ccccc1.CCC(COC(=O)c1ccccc1)C(CC)COC(=O)c1ccccc1.CCCC(=O)OCC(C(C)C)C(COC(=O)CCC)C(C)C.CCCCC(COC(=O)c1ccccc1)C(CCCC)COC(=O)c1ccccc1. The van der Waals surface area contributed by atoms with Crippen LogP contribution in [0.3, 0.4) is 0 Å². The minimum atomic E-state index is -0.337. The van der Waals surface area contributed by atoms with E-state index in [1.807, 2.05) is 149 Å². The molecule has 8 aromatic carbocycles. The van der Waals surface area contributed by atoms with Crippen LogP contribution in [0, 0.1) is 82.9 Å². The number of hydrogen-bond acceptors (Lipinski definition) is 20. The zero-order valence-electron chi connectivity index (χ0n) is 79.9. The van der Waals surface area contributed by atoms with Crippen LogP contribution in [0.2, 0.25) is 0 Å². The second kappa shape index (κ2) is 65.1. The van der Waals surface area contributed by atoms with E-state index >= 15 is 0 Å². The van der Waals surface area contributed by atoms with Crippen molar-refractivity contribution in [1.82, 2.24) is 0 Å². The molecule has 0 saturated heterocycles. The molecule has 10 unspecified atom stereocenters. The molecule has 0 heterocycles. The molecule has 0 bridgehead atoms. The molecule has 0 aliphatic heterocycles. The normalized spacial score (nSPS) is 13.1. The van der Waals surface area contributed by atoms with Crippen molar-refractivity contribution in [3.8, 4) is 0 Å². The van der Waals surface area contributed by atoms with E-state index in [-0.39, 0.29) is 144 Å². The van der Waals surface area contributed by atoms with Crippen molar-refractivity contribution in [2.24, 2.45) is 82.9 Å². The summed E-state index contributed by atoms with van der Waals surface area (Å²) in [6, 6.07) is 71.8. The Labute approximate surface area is 774 Å². The first kappa shape index (κ1) is 111. The lowest BCUT2D eigenvalue weighted by Crippen LogP contribution is -2.33. The molecule has 0 aromatic heterocycles. The van der Waals surface area contributed by atoms with Crippen molar-refractivity contribution < 1.29 is 95.3 Å². The van der Waals surface area contributed by atoms with Gasteiger partial charge in [-0.3, -0.25) is 9.59 Å². The maximum atomic E-state index is 12.4. The highest BCUT2D eigenvalue weighted by atomic mass is 16.6. The highest BCUT2D eigenvalue weighted by Gasteiger charge is 2.33. The average molecular weight is 1790 g/mol. The molecule has 0 radical (unpaired) electrons. The van der Waals surface area contributed by atoms with Gasteiger partial charge >= 0.3 is 59.7 Å². The fraction of sp³-hybridized carbons (Fsp3) is 0.473. The molecule has 20 heteroatoms. The zero-order valence-corrected chi connectivity index (χ0v) is 79.9. The monoisotopic (exact) mass is 1790 g/mol. The summed E-state index contributed by atoms with van der Waals surface area (Å²) in [7, 11) is 0. The molecular formula is C110H146O20. The van der Waals surface area contributed by atoms with Crippen molar-refractivity contribution in [2.45, 2.75) is 188 Å². The van der Waals surface area contributed by atoms with Crippen LogP contribution < -0.4 is 0 Å². The Morgan fingerprint density at radius 1 is 0.208 bits per heavy atom. The summed E-state index contributed by atoms with van der Waals surface area (Å²) in [4.78, 5) is 121. The Kier molecular flexibility index (Phi) is 55.5. The third-order valence-corrected chi connectivity index (χ3v) is 23.1. The van der Waals surface area contributed by atoms with Gasteiger partial charge < -0.3 is 47.4 Å². The van der Waals surface area contributed by atoms with Gasteiger partial charge in [0.25, 0.3) is 0 Å². The number of carbonyl (C=O) groups is 10. The van der Waals surface area contributed by atoms with Gasteiger partial charge in [0.05, 0.1) is 111 Å². The smallest absolute Gasteiger partial charge is 0.338 e. The molecule has 0 amide bonds. The standard InChI is InChI=1S/C26H34O4.C24H30O4.C22H26O4.C20H22O4.C18H34O4/c1-3-5-13-23(19-29-25(27)21-15-9-7-10-16-21)24(14-6-4-2)20-30-26(28)22-17-11-8-12-18-22;1-17(2)21(15-27-23(25)19-11-7-5-8-12-19)22(18(3)4)16-28-24(26)20-13-9-6-10-14-20;1-3-17(15-25-21(23)19-11-7-5-8-12-19)18(4-2)16-26-22(24)20-13-9-6-10-14-20;1-15(13-23-19(21)17-9-5-3-6-10-17)16(2)14-24-20(22)18-11-7-4-8-12-18;1-7-9-17(19)21-11-15(13(3)4)16(14(5)6)12-22-18(20)10-8-2/h7-12,15-18,23-24H,3-6,13-14,19-20H2,1-2H3;5-14,17-18,21-22H,15-16H2,1-4H3;5-14,17-18H,3-4,15-16H2,1-2H3;3-12,15-16H,13-14H2,1-2H3;13-16H,7-12H2,1-6H3. The molecule has 0 fully saturated rings. The zero-order chi connectivity index (χ0) is 95.4. The minimum Gasteiger partial charge on any atom is -0.465 e. The Morgan fingerprint density at radius 2 is 0.377 bits per heavy atom. The third kappa shape index (κ3) is 43.7. The van der Waals surface area contributed by atoms with Gasteiger partial charge in [0.2, 0.25) is 0 Å². The summed E-state index contributed by atoms with van der Waals surface area (Å²) in [5.74, 6) is -0.126. The Bertz CT molecular complexity index is 4150. The first-order valence-corrected chi connectivity index (χ1v) is 46.7. The summed E-state index contributed by atoms with van der Waals surface area (Å²) in [6.45, 7) is 36.6. The number of carbonyl (C=O) groups excluding carboxylic acids is 10. The van der Waals surface area contributed by atoms with E-state index < -0.39 is 0 Å². The molecule has 0 N–H and O–H groups in total. The van der Waals surface area contributed by atoms with Crippen LogP contribution in [0.4, 0.5) is 0 Å². The van der Waals surface area contributed by atoms with Gasteiger partial charge in [-0.25, -0.2) is 38.4 Å². The summed E-state index contributed by atoms with van der Waals surface area (Å²) >= 11 is 0. The molecule has 10 atom stereocenters. The van der Waals surface area contributed by atoms with E-state index in [1.54, 1.807) is 121 Å². The summed E-state index contributed by atoms with van der Waals surface area (Å²) in [5, 5.41) is 0. The molecule has 130 heavy (non-hydrogen) atoms. The Balaban J connectivity index is 0.000000342. The van der Waals surface area contributed by atoms with E-state index in [2.05, 4.69) is 83.1 Å². The number of benzene rings is 8. The fourth-order valence-electron chi connectivity index (χ4n) is 14.3. The van der Waals surface area contributed by atoms with Crippen molar-refractivity contribution in [2.75, 3.05) is 66.1 Å². The van der Waals surface area contributed by atoms with E-state index in [9.17, 15) is 47.9 Å². The molecule has 8 aromatic rings. The van der Waals surface area contributed by atoms with Crippen molar-refractivity contribution in [3.63, 3.8) is 0 Å². The average Bonchev–Trinajstić information content (AvgIpc) is 0.864. The largest absolute Gasteiger partial charge is 0.465 e. The van der Waals surface area contributed by atoms with Gasteiger partial charge in [-0.05, 0) is 195 Å². The summed E-state index contributed by atoms with van der Waals surface area (Å²) in [5.41, 5.74) is 4.38. The summed E-state index contributed by atoms with van der Waals surface area (Å²) in [6.07, 6.45) is 10.4. The molecular weight excluding hydrogens is 1640 g/mol. The number of esters is 10. The minimum absolute atomic E-state index is 0.0845. The third-order valence-electron chi connectivity index (χ3n) is 23.1.